The fourth-order valence-corrected chi connectivity index (χ4v) is 3.28. The average Bonchev–Trinajstić information content (AvgIpc) is 3.13. The molecule has 1 aliphatic rings. The third kappa shape index (κ3) is 2.53. The molecule has 1 fully saturated rings. The minimum atomic E-state index is -0.134. The van der Waals surface area contributed by atoms with E-state index >= 15 is 0 Å². The first-order valence-corrected chi connectivity index (χ1v) is 8.21. The van der Waals surface area contributed by atoms with E-state index in [1.165, 1.54) is 11.1 Å². The normalized spacial score (nSPS) is 21.9. The SMILES string of the molecule is CCC1(c2nc(-c3cc(C)c(Br)c(C)c3)no2)CCCN1. The van der Waals surface area contributed by atoms with Gasteiger partial charge < -0.3 is 9.84 Å². The summed E-state index contributed by atoms with van der Waals surface area (Å²) in [5.74, 6) is 1.39. The van der Waals surface area contributed by atoms with Crippen molar-refractivity contribution in [2.75, 3.05) is 6.54 Å². The molecular weight excluding hydrogens is 330 g/mol. The van der Waals surface area contributed by atoms with Gasteiger partial charge in [0.2, 0.25) is 11.7 Å². The molecule has 2 aromatic rings. The first kappa shape index (κ1) is 14.7. The second-order valence-electron chi connectivity index (χ2n) is 5.81. The Balaban J connectivity index is 1.99. The fraction of sp³-hybridized carbons (Fsp3) is 0.500. The molecule has 1 saturated heterocycles. The van der Waals surface area contributed by atoms with Gasteiger partial charge in [0, 0.05) is 10.0 Å². The Labute approximate surface area is 133 Å². The zero-order chi connectivity index (χ0) is 15.0. The van der Waals surface area contributed by atoms with Gasteiger partial charge in [-0.3, -0.25) is 0 Å². The van der Waals surface area contributed by atoms with E-state index in [4.69, 9.17) is 4.52 Å². The third-order valence-corrected chi connectivity index (χ3v) is 5.63. The maximum Gasteiger partial charge on any atom is 0.247 e. The summed E-state index contributed by atoms with van der Waals surface area (Å²) < 4.78 is 6.71. The molecule has 2 heterocycles. The number of nitrogens with one attached hydrogen (secondary N) is 1. The van der Waals surface area contributed by atoms with Crippen LogP contribution in [-0.2, 0) is 5.54 Å². The highest BCUT2D eigenvalue weighted by Crippen LogP contribution is 2.34. The summed E-state index contributed by atoms with van der Waals surface area (Å²) >= 11 is 3.59. The van der Waals surface area contributed by atoms with E-state index in [2.05, 4.69) is 64.3 Å². The molecule has 1 aromatic heterocycles. The van der Waals surface area contributed by atoms with Crippen LogP contribution in [0.3, 0.4) is 0 Å². The molecular formula is C16H20BrN3O. The largest absolute Gasteiger partial charge is 0.337 e. The Bertz CT molecular complexity index is 636. The first-order valence-electron chi connectivity index (χ1n) is 7.42. The Morgan fingerprint density at radius 2 is 2.05 bits per heavy atom. The lowest BCUT2D eigenvalue weighted by atomic mass is 9.94. The molecule has 0 saturated carbocycles. The zero-order valence-electron chi connectivity index (χ0n) is 12.7. The van der Waals surface area contributed by atoms with Crippen molar-refractivity contribution in [1.82, 2.24) is 15.5 Å². The Hall–Kier alpha value is -1.20. The van der Waals surface area contributed by atoms with Crippen molar-refractivity contribution in [2.45, 2.75) is 45.6 Å². The number of aromatic nitrogens is 2. The first-order chi connectivity index (χ1) is 10.1. The van der Waals surface area contributed by atoms with E-state index in [9.17, 15) is 0 Å². The predicted octanol–water partition coefficient (Wildman–Crippen LogP) is 4.10. The lowest BCUT2D eigenvalue weighted by molar-refractivity contribution is 0.250. The molecule has 1 aromatic carbocycles. The molecule has 1 aliphatic heterocycles. The Kier molecular flexibility index (Phi) is 3.88. The van der Waals surface area contributed by atoms with Crippen LogP contribution in [0, 0.1) is 13.8 Å². The van der Waals surface area contributed by atoms with Crippen LogP contribution in [0.15, 0.2) is 21.1 Å². The summed E-state index contributed by atoms with van der Waals surface area (Å²) in [5, 5.41) is 7.72. The van der Waals surface area contributed by atoms with Gasteiger partial charge in [0.25, 0.3) is 0 Å². The molecule has 112 valence electrons. The molecule has 1 N–H and O–H groups in total. The topological polar surface area (TPSA) is 51.0 Å². The average molecular weight is 350 g/mol. The summed E-state index contributed by atoms with van der Waals surface area (Å²) in [7, 11) is 0. The summed E-state index contributed by atoms with van der Waals surface area (Å²) in [6, 6.07) is 4.18. The molecule has 5 heteroatoms. The van der Waals surface area contributed by atoms with Gasteiger partial charge in [0.1, 0.15) is 0 Å². The van der Waals surface area contributed by atoms with Crippen molar-refractivity contribution in [3.8, 4) is 11.4 Å². The third-order valence-electron chi connectivity index (χ3n) is 4.38. The highest BCUT2D eigenvalue weighted by Gasteiger charge is 2.38. The minimum absolute atomic E-state index is 0.134. The van der Waals surface area contributed by atoms with E-state index < -0.39 is 0 Å². The van der Waals surface area contributed by atoms with Crippen LogP contribution in [0.4, 0.5) is 0 Å². The molecule has 0 bridgehead atoms. The van der Waals surface area contributed by atoms with Gasteiger partial charge in [-0.25, -0.2) is 0 Å². The number of benzene rings is 1. The summed E-state index contributed by atoms with van der Waals surface area (Å²) in [6.07, 6.45) is 3.18. The lowest BCUT2D eigenvalue weighted by Crippen LogP contribution is -2.36. The van der Waals surface area contributed by atoms with Crippen molar-refractivity contribution in [3.63, 3.8) is 0 Å². The predicted molar refractivity (Wildman–Crippen MR) is 86.1 cm³/mol. The number of halogens is 1. The van der Waals surface area contributed by atoms with E-state index in [-0.39, 0.29) is 5.54 Å². The molecule has 0 amide bonds. The Morgan fingerprint density at radius 3 is 2.62 bits per heavy atom. The maximum atomic E-state index is 5.57. The van der Waals surface area contributed by atoms with Crippen LogP contribution in [-0.4, -0.2) is 16.7 Å². The van der Waals surface area contributed by atoms with Crippen LogP contribution in [0.5, 0.6) is 0 Å². The van der Waals surface area contributed by atoms with E-state index in [0.717, 1.165) is 41.7 Å². The molecule has 0 aliphatic carbocycles. The van der Waals surface area contributed by atoms with Gasteiger partial charge in [-0.05, 0) is 62.9 Å². The van der Waals surface area contributed by atoms with Gasteiger partial charge in [-0.1, -0.05) is 28.0 Å². The lowest BCUT2D eigenvalue weighted by Gasteiger charge is -2.22. The molecule has 1 unspecified atom stereocenters. The molecule has 4 nitrogen and oxygen atoms in total. The van der Waals surface area contributed by atoms with Crippen LogP contribution < -0.4 is 5.32 Å². The molecule has 3 rings (SSSR count). The summed E-state index contributed by atoms with van der Waals surface area (Å²) in [4.78, 5) is 4.66. The molecule has 0 radical (unpaired) electrons. The monoisotopic (exact) mass is 349 g/mol. The maximum absolute atomic E-state index is 5.57. The number of hydrogen-bond donors (Lipinski definition) is 1. The number of rotatable bonds is 3. The van der Waals surface area contributed by atoms with Gasteiger partial charge in [-0.2, -0.15) is 4.98 Å². The van der Waals surface area contributed by atoms with Crippen molar-refractivity contribution < 1.29 is 4.52 Å². The van der Waals surface area contributed by atoms with Gasteiger partial charge in [-0.15, -0.1) is 0 Å². The second kappa shape index (κ2) is 5.54. The molecule has 0 spiro atoms. The fourth-order valence-electron chi connectivity index (χ4n) is 3.05. The number of hydrogen-bond acceptors (Lipinski definition) is 4. The molecule has 1 atom stereocenters. The second-order valence-corrected chi connectivity index (χ2v) is 6.61. The minimum Gasteiger partial charge on any atom is -0.337 e. The van der Waals surface area contributed by atoms with Crippen LogP contribution in [0.1, 0.15) is 43.2 Å². The Morgan fingerprint density at radius 1 is 1.33 bits per heavy atom. The van der Waals surface area contributed by atoms with Crippen LogP contribution in [0.2, 0.25) is 0 Å². The summed E-state index contributed by atoms with van der Waals surface area (Å²) in [5.41, 5.74) is 3.23. The highest BCUT2D eigenvalue weighted by atomic mass is 79.9. The van der Waals surface area contributed by atoms with Crippen LogP contribution >= 0.6 is 15.9 Å². The van der Waals surface area contributed by atoms with Crippen molar-refractivity contribution >= 4 is 15.9 Å². The van der Waals surface area contributed by atoms with Gasteiger partial charge in [0.05, 0.1) is 5.54 Å². The smallest absolute Gasteiger partial charge is 0.247 e. The van der Waals surface area contributed by atoms with Crippen molar-refractivity contribution in [2.24, 2.45) is 0 Å². The molecule has 21 heavy (non-hydrogen) atoms. The van der Waals surface area contributed by atoms with Crippen molar-refractivity contribution in [3.05, 3.63) is 33.6 Å². The van der Waals surface area contributed by atoms with E-state index in [1.807, 2.05) is 0 Å². The quantitative estimate of drug-likeness (QED) is 0.905. The summed E-state index contributed by atoms with van der Waals surface area (Å²) in [6.45, 7) is 7.33. The number of aryl methyl sites for hydroxylation is 2. The zero-order valence-corrected chi connectivity index (χ0v) is 14.2. The van der Waals surface area contributed by atoms with Gasteiger partial charge in [0.15, 0.2) is 0 Å². The number of nitrogens with zero attached hydrogens (tertiary/aromatic N) is 2. The standard InChI is InChI=1S/C16H20BrN3O/c1-4-16(6-5-7-18-16)15-19-14(20-21-15)12-8-10(2)13(17)11(3)9-12/h8-9,18H,4-7H2,1-3H3. The van der Waals surface area contributed by atoms with E-state index in [1.54, 1.807) is 0 Å². The van der Waals surface area contributed by atoms with Crippen molar-refractivity contribution in [1.29, 1.82) is 0 Å². The van der Waals surface area contributed by atoms with Gasteiger partial charge >= 0.3 is 0 Å². The highest BCUT2D eigenvalue weighted by molar-refractivity contribution is 9.10. The van der Waals surface area contributed by atoms with E-state index in [0.29, 0.717) is 5.82 Å². The van der Waals surface area contributed by atoms with Crippen LogP contribution in [0.25, 0.3) is 11.4 Å².